The molecule has 0 aromatic carbocycles. The van der Waals surface area contributed by atoms with E-state index in [1.807, 2.05) is 0 Å². The number of aromatic nitrogens is 4. The maximum atomic E-state index is 11.8. The molecule has 0 bridgehead atoms. The van der Waals surface area contributed by atoms with Gasteiger partial charge >= 0.3 is 0 Å². The number of carbonyl (C=O) groups excluding carboxylic acids is 2. The smallest absolute Gasteiger partial charge is 0.236 e. The second kappa shape index (κ2) is 3.90. The van der Waals surface area contributed by atoms with Gasteiger partial charge in [-0.1, -0.05) is 0 Å². The number of nitrogens with zero attached hydrogens (tertiary/aromatic N) is 4. The molecule has 3 rings (SSSR count). The van der Waals surface area contributed by atoms with Crippen LogP contribution in [-0.4, -0.2) is 38.3 Å². The van der Waals surface area contributed by atoms with Crippen molar-refractivity contribution in [1.29, 1.82) is 0 Å². The van der Waals surface area contributed by atoms with Crippen LogP contribution in [-0.2, 0) is 9.59 Å². The summed E-state index contributed by atoms with van der Waals surface area (Å²) in [6, 6.07) is 0. The van der Waals surface area contributed by atoms with Gasteiger partial charge in [0.1, 0.15) is 5.52 Å². The zero-order valence-corrected chi connectivity index (χ0v) is 9.83. The summed E-state index contributed by atoms with van der Waals surface area (Å²) in [7, 11) is 0. The van der Waals surface area contributed by atoms with Gasteiger partial charge in [-0.2, -0.15) is 9.97 Å². The van der Waals surface area contributed by atoms with E-state index >= 15 is 0 Å². The lowest BCUT2D eigenvalue weighted by Gasteiger charge is -2.13. The minimum atomic E-state index is -0.521. The highest BCUT2D eigenvalue weighted by Crippen LogP contribution is 2.24. The third kappa shape index (κ3) is 1.75. The quantitative estimate of drug-likeness (QED) is 0.617. The van der Waals surface area contributed by atoms with Gasteiger partial charge in [-0.15, -0.1) is 0 Å². The number of primary amides is 1. The van der Waals surface area contributed by atoms with Crippen LogP contribution in [0.2, 0.25) is 0 Å². The molecule has 98 valence electrons. The summed E-state index contributed by atoms with van der Waals surface area (Å²) < 4.78 is 0. The van der Waals surface area contributed by atoms with Crippen LogP contribution in [0, 0.1) is 5.92 Å². The summed E-state index contributed by atoms with van der Waals surface area (Å²) in [5.74, 6) is -0.936. The standard InChI is InChI=1S/C10H11N7O2/c11-7-6-9(14-3-13-6)16-10(15-7)17-2-4(8(12)19)1-5(17)18/h3-4H,1-2H2,(H2,12,19)(H3,11,13,14,15,16). The largest absolute Gasteiger partial charge is 0.382 e. The van der Waals surface area contributed by atoms with E-state index in [0.29, 0.717) is 11.2 Å². The summed E-state index contributed by atoms with van der Waals surface area (Å²) in [5, 5.41) is 0. The highest BCUT2D eigenvalue weighted by atomic mass is 16.2. The Hall–Kier alpha value is -2.71. The topological polar surface area (TPSA) is 144 Å². The zero-order valence-electron chi connectivity index (χ0n) is 9.83. The number of nitrogen functional groups attached to an aromatic ring is 1. The molecule has 0 radical (unpaired) electrons. The molecule has 19 heavy (non-hydrogen) atoms. The maximum absolute atomic E-state index is 11.8. The van der Waals surface area contributed by atoms with Crippen molar-refractivity contribution >= 4 is 34.7 Å². The lowest BCUT2D eigenvalue weighted by atomic mass is 10.1. The summed E-state index contributed by atoms with van der Waals surface area (Å²) in [4.78, 5) is 39.2. The van der Waals surface area contributed by atoms with E-state index in [9.17, 15) is 9.59 Å². The molecule has 9 heteroatoms. The Morgan fingerprint density at radius 2 is 2.26 bits per heavy atom. The molecule has 1 atom stereocenters. The van der Waals surface area contributed by atoms with Crippen molar-refractivity contribution in [1.82, 2.24) is 19.9 Å². The number of aromatic amines is 1. The van der Waals surface area contributed by atoms with Gasteiger partial charge in [0.15, 0.2) is 11.5 Å². The van der Waals surface area contributed by atoms with Gasteiger partial charge in [0.25, 0.3) is 0 Å². The van der Waals surface area contributed by atoms with E-state index in [-0.39, 0.29) is 30.6 Å². The number of H-pyrrole nitrogens is 1. The fourth-order valence-corrected chi connectivity index (χ4v) is 2.06. The Kier molecular flexibility index (Phi) is 2.34. The van der Waals surface area contributed by atoms with E-state index in [1.54, 1.807) is 0 Å². The fraction of sp³-hybridized carbons (Fsp3) is 0.300. The zero-order chi connectivity index (χ0) is 13.6. The van der Waals surface area contributed by atoms with Gasteiger partial charge in [0.05, 0.1) is 12.2 Å². The number of carbonyl (C=O) groups is 2. The number of amides is 2. The molecule has 2 aromatic rings. The highest BCUT2D eigenvalue weighted by molar-refractivity contribution is 5.99. The molecule has 2 amide bonds. The average Bonchev–Trinajstić information content (AvgIpc) is 2.95. The van der Waals surface area contributed by atoms with Crippen molar-refractivity contribution in [2.45, 2.75) is 6.42 Å². The molecule has 1 saturated heterocycles. The monoisotopic (exact) mass is 261 g/mol. The number of hydrogen-bond acceptors (Lipinski definition) is 6. The molecule has 1 unspecified atom stereocenters. The molecule has 3 heterocycles. The highest BCUT2D eigenvalue weighted by Gasteiger charge is 2.35. The first-order valence-electron chi connectivity index (χ1n) is 5.62. The van der Waals surface area contributed by atoms with Crippen molar-refractivity contribution in [3.05, 3.63) is 6.33 Å². The van der Waals surface area contributed by atoms with Crippen LogP contribution in [0.25, 0.3) is 11.2 Å². The number of nitrogens with two attached hydrogens (primary N) is 2. The lowest BCUT2D eigenvalue weighted by molar-refractivity contribution is -0.123. The first kappa shape index (κ1) is 11.4. The number of nitrogens with one attached hydrogen (secondary N) is 1. The van der Waals surface area contributed by atoms with Crippen LogP contribution in [0.3, 0.4) is 0 Å². The molecular weight excluding hydrogens is 250 g/mol. The van der Waals surface area contributed by atoms with Crippen LogP contribution in [0.5, 0.6) is 0 Å². The van der Waals surface area contributed by atoms with Crippen LogP contribution < -0.4 is 16.4 Å². The normalized spacial score (nSPS) is 19.3. The molecule has 5 N–H and O–H groups in total. The number of imidazole rings is 1. The van der Waals surface area contributed by atoms with Crippen molar-refractivity contribution in [2.75, 3.05) is 17.2 Å². The molecule has 9 nitrogen and oxygen atoms in total. The molecular formula is C10H11N7O2. The van der Waals surface area contributed by atoms with Crippen LogP contribution in [0.1, 0.15) is 6.42 Å². The van der Waals surface area contributed by atoms with Crippen LogP contribution in [0.4, 0.5) is 11.8 Å². The molecule has 1 aliphatic rings. The van der Waals surface area contributed by atoms with Gasteiger partial charge < -0.3 is 16.5 Å². The van der Waals surface area contributed by atoms with E-state index in [0.717, 1.165) is 0 Å². The fourth-order valence-electron chi connectivity index (χ4n) is 2.06. The van der Waals surface area contributed by atoms with E-state index in [1.165, 1.54) is 11.2 Å². The Morgan fingerprint density at radius 1 is 1.47 bits per heavy atom. The molecule has 1 fully saturated rings. The lowest BCUT2D eigenvalue weighted by Crippen LogP contribution is -2.29. The number of hydrogen-bond donors (Lipinski definition) is 3. The first-order valence-corrected chi connectivity index (χ1v) is 5.62. The second-order valence-electron chi connectivity index (χ2n) is 4.32. The summed E-state index contributed by atoms with van der Waals surface area (Å²) in [5.41, 5.74) is 11.8. The Morgan fingerprint density at radius 3 is 2.95 bits per heavy atom. The number of fused-ring (bicyclic) bond motifs is 1. The van der Waals surface area contributed by atoms with E-state index in [2.05, 4.69) is 19.9 Å². The SMILES string of the molecule is NC(=O)C1CC(=O)N(c2nc(N)c3[nH]cnc3n2)C1. The van der Waals surface area contributed by atoms with Crippen LogP contribution >= 0.6 is 0 Å². The minimum absolute atomic E-state index is 0.0667. The molecule has 2 aromatic heterocycles. The Bertz CT molecular complexity index is 680. The maximum Gasteiger partial charge on any atom is 0.236 e. The third-order valence-electron chi connectivity index (χ3n) is 3.07. The molecule has 1 aliphatic heterocycles. The van der Waals surface area contributed by atoms with Crippen molar-refractivity contribution in [3.63, 3.8) is 0 Å². The second-order valence-corrected chi connectivity index (χ2v) is 4.32. The van der Waals surface area contributed by atoms with Crippen molar-refractivity contribution in [3.8, 4) is 0 Å². The third-order valence-corrected chi connectivity index (χ3v) is 3.07. The van der Waals surface area contributed by atoms with Gasteiger partial charge in [-0.05, 0) is 0 Å². The van der Waals surface area contributed by atoms with Gasteiger partial charge in [-0.25, -0.2) is 4.98 Å². The molecule has 0 spiro atoms. The molecule has 0 saturated carbocycles. The Balaban J connectivity index is 2.00. The summed E-state index contributed by atoms with van der Waals surface area (Å²) in [6.07, 6.45) is 1.51. The number of anilines is 2. The van der Waals surface area contributed by atoms with Gasteiger partial charge in [0, 0.05) is 13.0 Å². The average molecular weight is 261 g/mol. The minimum Gasteiger partial charge on any atom is -0.382 e. The summed E-state index contributed by atoms with van der Waals surface area (Å²) >= 11 is 0. The predicted molar refractivity (Wildman–Crippen MR) is 65.8 cm³/mol. The van der Waals surface area contributed by atoms with Crippen molar-refractivity contribution < 1.29 is 9.59 Å². The van der Waals surface area contributed by atoms with Crippen molar-refractivity contribution in [2.24, 2.45) is 11.7 Å². The predicted octanol–water partition coefficient (Wildman–Crippen LogP) is -1.23. The Labute approximate surface area is 107 Å². The van der Waals surface area contributed by atoms with Crippen LogP contribution in [0.15, 0.2) is 6.33 Å². The van der Waals surface area contributed by atoms with E-state index < -0.39 is 11.8 Å². The van der Waals surface area contributed by atoms with Gasteiger partial charge in [-0.3, -0.25) is 14.5 Å². The summed E-state index contributed by atoms with van der Waals surface area (Å²) in [6.45, 7) is 0.170. The first-order chi connectivity index (χ1) is 9.06. The number of rotatable bonds is 2. The van der Waals surface area contributed by atoms with E-state index in [4.69, 9.17) is 11.5 Å². The van der Waals surface area contributed by atoms with Gasteiger partial charge in [0.2, 0.25) is 17.8 Å². The molecule has 0 aliphatic carbocycles.